The first kappa shape index (κ1) is 11.8. The molecule has 1 fully saturated rings. The highest BCUT2D eigenvalue weighted by Crippen LogP contribution is 2.61. The number of carboxylic acid groups (broad SMARTS) is 1. The van der Waals surface area contributed by atoms with Gasteiger partial charge >= 0.3 is 5.97 Å². The van der Waals surface area contributed by atoms with Crippen molar-refractivity contribution in [3.8, 4) is 11.3 Å². The number of benzene rings is 1. The van der Waals surface area contributed by atoms with E-state index in [0.717, 1.165) is 5.56 Å². The van der Waals surface area contributed by atoms with E-state index in [9.17, 15) is 13.6 Å². The summed E-state index contributed by atoms with van der Waals surface area (Å²) in [6, 6.07) is 10.3. The zero-order valence-corrected chi connectivity index (χ0v) is 9.73. The maximum Gasteiger partial charge on any atom is 0.322 e. The molecule has 0 amide bonds. The van der Waals surface area contributed by atoms with Crippen molar-refractivity contribution in [2.75, 3.05) is 0 Å². The van der Waals surface area contributed by atoms with Crippen molar-refractivity contribution in [3.05, 3.63) is 42.1 Å². The molecular weight excluding hydrogens is 254 g/mol. The maximum absolute atomic E-state index is 13.4. The molecule has 6 heteroatoms. The molecule has 1 aliphatic rings. The molecule has 2 N–H and O–H groups in total. The molecule has 1 aromatic heterocycles. The molecule has 1 aliphatic carbocycles. The van der Waals surface area contributed by atoms with E-state index in [4.69, 9.17) is 5.11 Å². The Kier molecular flexibility index (Phi) is 2.26. The van der Waals surface area contributed by atoms with Crippen molar-refractivity contribution in [1.29, 1.82) is 0 Å². The fourth-order valence-corrected chi connectivity index (χ4v) is 2.23. The average molecular weight is 264 g/mol. The summed E-state index contributed by atoms with van der Waals surface area (Å²) in [4.78, 5) is 11.1. The first-order valence-corrected chi connectivity index (χ1v) is 5.70. The summed E-state index contributed by atoms with van der Waals surface area (Å²) in [5.74, 6) is -4.75. The second-order valence-corrected chi connectivity index (χ2v) is 4.62. The van der Waals surface area contributed by atoms with Crippen molar-refractivity contribution in [3.63, 3.8) is 0 Å². The molecule has 0 saturated heterocycles. The summed E-state index contributed by atoms with van der Waals surface area (Å²) in [5.41, 5.74) is -0.996. The first-order chi connectivity index (χ1) is 8.97. The number of nitrogens with one attached hydrogen (secondary N) is 1. The lowest BCUT2D eigenvalue weighted by atomic mass is 10.0. The molecule has 0 bridgehead atoms. The highest BCUT2D eigenvalue weighted by atomic mass is 19.3. The van der Waals surface area contributed by atoms with Gasteiger partial charge in [0, 0.05) is 12.0 Å². The van der Waals surface area contributed by atoms with Crippen LogP contribution in [0.5, 0.6) is 0 Å². The number of aliphatic carboxylic acids is 1. The van der Waals surface area contributed by atoms with Gasteiger partial charge in [0.05, 0.1) is 11.4 Å². The van der Waals surface area contributed by atoms with Crippen LogP contribution in [0.1, 0.15) is 12.1 Å². The zero-order valence-electron chi connectivity index (χ0n) is 9.73. The lowest BCUT2D eigenvalue weighted by Gasteiger charge is -2.07. The smallest absolute Gasteiger partial charge is 0.322 e. The predicted octanol–water partition coefficient (Wildman–Crippen LogP) is 2.44. The molecule has 2 aromatic rings. The second-order valence-electron chi connectivity index (χ2n) is 4.62. The number of nitrogens with zero attached hydrogens (tertiary/aromatic N) is 1. The molecule has 3 rings (SSSR count). The van der Waals surface area contributed by atoms with E-state index >= 15 is 0 Å². The molecule has 0 aliphatic heterocycles. The average Bonchev–Trinajstić information content (AvgIpc) is 2.77. The minimum Gasteiger partial charge on any atom is -0.480 e. The number of rotatable bonds is 3. The first-order valence-electron chi connectivity index (χ1n) is 5.70. The van der Waals surface area contributed by atoms with E-state index in [1.807, 2.05) is 6.07 Å². The Morgan fingerprint density at radius 2 is 1.95 bits per heavy atom. The molecule has 1 atom stereocenters. The number of halogens is 2. The van der Waals surface area contributed by atoms with Crippen LogP contribution in [-0.4, -0.2) is 27.2 Å². The molecule has 0 radical (unpaired) electrons. The van der Waals surface area contributed by atoms with E-state index in [1.54, 1.807) is 24.3 Å². The predicted molar refractivity (Wildman–Crippen MR) is 62.9 cm³/mol. The Bertz CT molecular complexity index is 639. The summed E-state index contributed by atoms with van der Waals surface area (Å²) in [6.07, 6.45) is -0.689. The van der Waals surface area contributed by atoms with Crippen molar-refractivity contribution in [2.24, 2.45) is 0 Å². The van der Waals surface area contributed by atoms with Gasteiger partial charge < -0.3 is 5.11 Å². The van der Waals surface area contributed by atoms with Gasteiger partial charge in [-0.05, 0) is 6.07 Å². The van der Waals surface area contributed by atoms with Crippen LogP contribution in [0.25, 0.3) is 11.3 Å². The third-order valence-electron chi connectivity index (χ3n) is 3.46. The monoisotopic (exact) mass is 264 g/mol. The van der Waals surface area contributed by atoms with Crippen LogP contribution in [0.4, 0.5) is 8.78 Å². The van der Waals surface area contributed by atoms with Gasteiger partial charge in [-0.2, -0.15) is 5.10 Å². The number of aromatic amines is 1. The Morgan fingerprint density at radius 3 is 2.47 bits per heavy atom. The summed E-state index contributed by atoms with van der Waals surface area (Å²) in [7, 11) is 0. The Hall–Kier alpha value is -2.24. The number of hydrogen-bond donors (Lipinski definition) is 2. The van der Waals surface area contributed by atoms with Gasteiger partial charge in [-0.25, -0.2) is 8.78 Å². The van der Waals surface area contributed by atoms with Gasteiger partial charge in [-0.15, -0.1) is 0 Å². The van der Waals surface area contributed by atoms with Crippen LogP contribution in [0.2, 0.25) is 0 Å². The highest BCUT2D eigenvalue weighted by Gasteiger charge is 2.78. The molecule has 0 spiro atoms. The van der Waals surface area contributed by atoms with Crippen molar-refractivity contribution in [1.82, 2.24) is 10.2 Å². The van der Waals surface area contributed by atoms with Gasteiger partial charge in [0.15, 0.2) is 5.41 Å². The molecule has 1 unspecified atom stereocenters. The number of aromatic nitrogens is 2. The number of alkyl halides is 2. The Labute approximate surface area is 107 Å². The van der Waals surface area contributed by atoms with E-state index in [2.05, 4.69) is 10.2 Å². The standard InChI is InChI=1S/C13H10F2N2O2/c14-13(15)7-12(13,11(18)19)10-6-9(16-17-10)8-4-2-1-3-5-8/h1-6H,7H2,(H,16,17)(H,18,19). The highest BCUT2D eigenvalue weighted by molar-refractivity contribution is 5.87. The van der Waals surface area contributed by atoms with Crippen LogP contribution in [0.15, 0.2) is 36.4 Å². The number of H-pyrrole nitrogens is 1. The van der Waals surface area contributed by atoms with Crippen LogP contribution in [0, 0.1) is 0 Å². The summed E-state index contributed by atoms with van der Waals surface area (Å²) < 4.78 is 26.7. The third kappa shape index (κ3) is 1.56. The largest absolute Gasteiger partial charge is 0.480 e. The van der Waals surface area contributed by atoms with Crippen LogP contribution >= 0.6 is 0 Å². The van der Waals surface area contributed by atoms with E-state index in [0.29, 0.717) is 5.69 Å². The van der Waals surface area contributed by atoms with Crippen molar-refractivity contribution in [2.45, 2.75) is 17.8 Å². The fraction of sp³-hybridized carbons (Fsp3) is 0.231. The molecule has 1 saturated carbocycles. The van der Waals surface area contributed by atoms with Gasteiger partial charge in [0.1, 0.15) is 0 Å². The number of hydrogen-bond acceptors (Lipinski definition) is 2. The van der Waals surface area contributed by atoms with Gasteiger partial charge in [-0.1, -0.05) is 30.3 Å². The second kappa shape index (κ2) is 3.63. The quantitative estimate of drug-likeness (QED) is 0.894. The topological polar surface area (TPSA) is 66.0 Å². The molecule has 98 valence electrons. The van der Waals surface area contributed by atoms with Gasteiger partial charge in [0.2, 0.25) is 0 Å². The van der Waals surface area contributed by atoms with Crippen LogP contribution in [0.3, 0.4) is 0 Å². The summed E-state index contributed by atoms with van der Waals surface area (Å²) in [6.45, 7) is 0. The third-order valence-corrected chi connectivity index (χ3v) is 3.46. The zero-order chi connectivity index (χ0) is 13.7. The van der Waals surface area contributed by atoms with Gasteiger partial charge in [-0.3, -0.25) is 9.89 Å². The molecule has 1 aromatic carbocycles. The van der Waals surface area contributed by atoms with Crippen LogP contribution < -0.4 is 0 Å². The minimum atomic E-state index is -3.22. The number of carboxylic acids is 1. The Morgan fingerprint density at radius 1 is 1.32 bits per heavy atom. The van der Waals surface area contributed by atoms with E-state index in [1.165, 1.54) is 6.07 Å². The summed E-state index contributed by atoms with van der Waals surface area (Å²) in [5, 5.41) is 15.4. The Balaban J connectivity index is 2.01. The van der Waals surface area contributed by atoms with Crippen LogP contribution in [-0.2, 0) is 10.2 Å². The maximum atomic E-state index is 13.4. The van der Waals surface area contributed by atoms with E-state index < -0.39 is 23.7 Å². The van der Waals surface area contributed by atoms with E-state index in [-0.39, 0.29) is 5.69 Å². The lowest BCUT2D eigenvalue weighted by molar-refractivity contribution is -0.143. The molecule has 1 heterocycles. The van der Waals surface area contributed by atoms with Crippen molar-refractivity contribution >= 4 is 5.97 Å². The lowest BCUT2D eigenvalue weighted by Crippen LogP contribution is -2.27. The SMILES string of the molecule is O=C(O)C1(c2cc(-c3ccccc3)n[nH]2)CC1(F)F. The molecule has 19 heavy (non-hydrogen) atoms. The minimum absolute atomic E-state index is 0.0520. The fourth-order valence-electron chi connectivity index (χ4n) is 2.23. The molecular formula is C13H10F2N2O2. The normalized spacial score (nSPS) is 24.1. The van der Waals surface area contributed by atoms with Crippen molar-refractivity contribution < 1.29 is 18.7 Å². The molecule has 4 nitrogen and oxygen atoms in total. The number of carbonyl (C=O) groups is 1. The summed E-state index contributed by atoms with van der Waals surface area (Å²) >= 11 is 0. The van der Waals surface area contributed by atoms with Gasteiger partial charge in [0.25, 0.3) is 5.92 Å².